The minimum absolute atomic E-state index is 0.0110. The fourth-order valence-corrected chi connectivity index (χ4v) is 3.90. The first kappa shape index (κ1) is 16.2. The zero-order valence-corrected chi connectivity index (χ0v) is 14.6. The maximum absolute atomic E-state index is 12.9. The number of aryl methyl sites for hydroxylation is 1. The Kier molecular flexibility index (Phi) is 4.46. The molecule has 0 saturated carbocycles. The van der Waals surface area contributed by atoms with E-state index in [1.807, 2.05) is 24.0 Å². The molecule has 7 heteroatoms. The number of nitrogens with zero attached hydrogens (tertiary/aromatic N) is 4. The minimum atomic E-state index is -0.155. The molecule has 2 aromatic heterocycles. The van der Waals surface area contributed by atoms with Crippen molar-refractivity contribution in [2.75, 3.05) is 6.54 Å². The lowest BCUT2D eigenvalue weighted by molar-refractivity contribution is 0.141. The van der Waals surface area contributed by atoms with E-state index in [4.69, 9.17) is 4.42 Å². The molecule has 4 heterocycles. The summed E-state index contributed by atoms with van der Waals surface area (Å²) in [6, 6.07) is 3.52. The second-order valence-electron chi connectivity index (χ2n) is 6.97. The molecule has 0 aromatic carbocycles. The third kappa shape index (κ3) is 3.15. The van der Waals surface area contributed by atoms with Gasteiger partial charge in [-0.1, -0.05) is 0 Å². The Morgan fingerprint density at radius 2 is 2.16 bits per heavy atom. The SMILES string of the molecule is C[C@@H](NC(=O)N1CCCC[C@@H]1c1nnc2n1CCCC2)c1ccco1. The Morgan fingerprint density at radius 1 is 1.28 bits per heavy atom. The van der Waals surface area contributed by atoms with Gasteiger partial charge in [0, 0.05) is 19.5 Å². The zero-order valence-electron chi connectivity index (χ0n) is 14.6. The smallest absolute Gasteiger partial charge is 0.318 e. The fraction of sp³-hybridized carbons (Fsp3) is 0.611. The topological polar surface area (TPSA) is 76.2 Å². The van der Waals surface area contributed by atoms with Crippen LogP contribution in [0.3, 0.4) is 0 Å². The van der Waals surface area contributed by atoms with Gasteiger partial charge in [-0.15, -0.1) is 10.2 Å². The number of amides is 2. The van der Waals surface area contributed by atoms with Gasteiger partial charge in [0.25, 0.3) is 0 Å². The van der Waals surface area contributed by atoms with E-state index in [-0.39, 0.29) is 18.1 Å². The standard InChI is InChI=1S/C18H25N5O2/c1-13(15-8-6-12-25-15)19-18(24)22-10-4-2-7-14(22)17-21-20-16-9-3-5-11-23(16)17/h6,8,12-14H,2-5,7,9-11H2,1H3,(H,19,24)/t13-,14-/m1/s1. The van der Waals surface area contributed by atoms with Gasteiger partial charge in [-0.05, 0) is 51.2 Å². The summed E-state index contributed by atoms with van der Waals surface area (Å²) >= 11 is 0. The van der Waals surface area contributed by atoms with Crippen LogP contribution in [0.2, 0.25) is 0 Å². The van der Waals surface area contributed by atoms with E-state index in [0.29, 0.717) is 0 Å². The molecular formula is C18H25N5O2. The first-order valence-electron chi connectivity index (χ1n) is 9.26. The number of fused-ring (bicyclic) bond motifs is 1. The van der Waals surface area contributed by atoms with E-state index in [2.05, 4.69) is 20.1 Å². The first-order chi connectivity index (χ1) is 12.2. The third-order valence-electron chi connectivity index (χ3n) is 5.26. The van der Waals surface area contributed by atoms with E-state index in [1.54, 1.807) is 6.26 Å². The number of likely N-dealkylation sites (tertiary alicyclic amines) is 1. The summed E-state index contributed by atoms with van der Waals surface area (Å²) < 4.78 is 7.63. The van der Waals surface area contributed by atoms with Gasteiger partial charge in [0.2, 0.25) is 0 Å². The molecule has 2 aliphatic rings. The van der Waals surface area contributed by atoms with E-state index in [9.17, 15) is 4.79 Å². The number of hydrogen-bond acceptors (Lipinski definition) is 4. The molecule has 1 saturated heterocycles. The summed E-state index contributed by atoms with van der Waals surface area (Å²) in [5.74, 6) is 2.79. The minimum Gasteiger partial charge on any atom is -0.467 e. The van der Waals surface area contributed by atoms with Crippen LogP contribution in [0.5, 0.6) is 0 Å². The van der Waals surface area contributed by atoms with Crippen LogP contribution < -0.4 is 5.32 Å². The van der Waals surface area contributed by atoms with E-state index in [0.717, 1.165) is 62.6 Å². The summed E-state index contributed by atoms with van der Waals surface area (Å²) in [7, 11) is 0. The number of urea groups is 1. The molecule has 2 aliphatic heterocycles. The fourth-order valence-electron chi connectivity index (χ4n) is 3.90. The number of aromatic nitrogens is 3. The van der Waals surface area contributed by atoms with Gasteiger partial charge in [0.15, 0.2) is 5.82 Å². The van der Waals surface area contributed by atoms with Crippen LogP contribution in [-0.2, 0) is 13.0 Å². The number of hydrogen-bond donors (Lipinski definition) is 1. The predicted octanol–water partition coefficient (Wildman–Crippen LogP) is 3.21. The highest BCUT2D eigenvalue weighted by atomic mass is 16.3. The van der Waals surface area contributed by atoms with E-state index >= 15 is 0 Å². The molecule has 0 aliphatic carbocycles. The summed E-state index contributed by atoms with van der Waals surface area (Å²) in [6.07, 6.45) is 8.04. The Bertz CT molecular complexity index is 724. The second-order valence-corrected chi connectivity index (χ2v) is 6.97. The third-order valence-corrected chi connectivity index (χ3v) is 5.26. The highest BCUT2D eigenvalue weighted by molar-refractivity contribution is 5.75. The van der Waals surface area contributed by atoms with Crippen molar-refractivity contribution < 1.29 is 9.21 Å². The van der Waals surface area contributed by atoms with Crippen LogP contribution in [0.4, 0.5) is 4.79 Å². The summed E-state index contributed by atoms with van der Waals surface area (Å²) in [5, 5.41) is 11.9. The van der Waals surface area contributed by atoms with Crippen molar-refractivity contribution in [2.24, 2.45) is 0 Å². The average Bonchev–Trinajstić information content (AvgIpc) is 3.31. The molecule has 1 N–H and O–H groups in total. The molecular weight excluding hydrogens is 318 g/mol. The quantitative estimate of drug-likeness (QED) is 0.928. The Balaban J connectivity index is 1.53. The lowest BCUT2D eigenvalue weighted by Crippen LogP contribution is -2.46. The number of rotatable bonds is 3. The van der Waals surface area contributed by atoms with Crippen molar-refractivity contribution in [3.05, 3.63) is 35.8 Å². The number of nitrogens with one attached hydrogen (secondary N) is 1. The molecule has 2 atom stereocenters. The van der Waals surface area contributed by atoms with Crippen molar-refractivity contribution in [1.82, 2.24) is 25.0 Å². The molecule has 0 radical (unpaired) electrons. The molecule has 0 bridgehead atoms. The van der Waals surface area contributed by atoms with Crippen molar-refractivity contribution in [2.45, 2.75) is 64.1 Å². The molecule has 1 fully saturated rings. The van der Waals surface area contributed by atoms with Crippen LogP contribution in [0.15, 0.2) is 22.8 Å². The Hall–Kier alpha value is -2.31. The van der Waals surface area contributed by atoms with Gasteiger partial charge in [-0.3, -0.25) is 0 Å². The van der Waals surface area contributed by atoms with Gasteiger partial charge in [0.1, 0.15) is 11.6 Å². The zero-order chi connectivity index (χ0) is 17.2. The largest absolute Gasteiger partial charge is 0.467 e. The second kappa shape index (κ2) is 6.90. The van der Waals surface area contributed by atoms with Crippen molar-refractivity contribution in [3.63, 3.8) is 0 Å². The predicted molar refractivity (Wildman–Crippen MR) is 91.9 cm³/mol. The first-order valence-corrected chi connectivity index (χ1v) is 9.26. The highest BCUT2D eigenvalue weighted by Gasteiger charge is 2.33. The van der Waals surface area contributed by atoms with Crippen molar-refractivity contribution in [3.8, 4) is 0 Å². The van der Waals surface area contributed by atoms with Crippen LogP contribution in [0, 0.1) is 0 Å². The maximum atomic E-state index is 12.9. The highest BCUT2D eigenvalue weighted by Crippen LogP contribution is 2.32. The van der Waals surface area contributed by atoms with Gasteiger partial charge in [-0.25, -0.2) is 4.79 Å². The monoisotopic (exact) mass is 343 g/mol. The number of carbonyl (C=O) groups is 1. The average molecular weight is 343 g/mol. The van der Waals surface area contributed by atoms with Crippen LogP contribution in [0.1, 0.15) is 68.5 Å². The van der Waals surface area contributed by atoms with Gasteiger partial charge in [0.05, 0.1) is 18.3 Å². The molecule has 25 heavy (non-hydrogen) atoms. The number of furan rings is 1. The summed E-state index contributed by atoms with van der Waals surface area (Å²) in [4.78, 5) is 14.8. The van der Waals surface area contributed by atoms with E-state index < -0.39 is 0 Å². The van der Waals surface area contributed by atoms with Gasteiger partial charge >= 0.3 is 6.03 Å². The lowest BCUT2D eigenvalue weighted by Gasteiger charge is -2.36. The number of piperidine rings is 1. The molecule has 0 unspecified atom stereocenters. The molecule has 4 rings (SSSR count). The molecule has 0 spiro atoms. The lowest BCUT2D eigenvalue weighted by atomic mass is 10.0. The van der Waals surface area contributed by atoms with E-state index in [1.165, 1.54) is 6.42 Å². The Labute approximate surface area is 147 Å². The number of carbonyl (C=O) groups excluding carboxylic acids is 1. The molecule has 2 amide bonds. The van der Waals surface area contributed by atoms with Crippen molar-refractivity contribution in [1.29, 1.82) is 0 Å². The summed E-state index contributed by atoms with van der Waals surface area (Å²) in [5.41, 5.74) is 0. The Morgan fingerprint density at radius 3 is 3.00 bits per heavy atom. The maximum Gasteiger partial charge on any atom is 0.318 e. The normalized spacial score (nSPS) is 21.6. The van der Waals surface area contributed by atoms with Gasteiger partial charge < -0.3 is 19.2 Å². The molecule has 134 valence electrons. The molecule has 7 nitrogen and oxygen atoms in total. The van der Waals surface area contributed by atoms with Crippen LogP contribution >= 0.6 is 0 Å². The van der Waals surface area contributed by atoms with Crippen molar-refractivity contribution >= 4 is 6.03 Å². The van der Waals surface area contributed by atoms with Crippen LogP contribution in [-0.4, -0.2) is 32.2 Å². The van der Waals surface area contributed by atoms with Gasteiger partial charge in [-0.2, -0.15) is 0 Å². The van der Waals surface area contributed by atoms with Crippen LogP contribution in [0.25, 0.3) is 0 Å². The summed E-state index contributed by atoms with van der Waals surface area (Å²) in [6.45, 7) is 3.66. The molecule has 2 aromatic rings.